The van der Waals surface area contributed by atoms with E-state index in [0.717, 1.165) is 16.2 Å². The number of benzene rings is 2. The van der Waals surface area contributed by atoms with Crippen LogP contribution in [0.2, 0.25) is 0 Å². The van der Waals surface area contributed by atoms with Crippen LogP contribution in [0.5, 0.6) is 0 Å². The predicted octanol–water partition coefficient (Wildman–Crippen LogP) is 2.85. The third-order valence-electron chi connectivity index (χ3n) is 5.47. The molecule has 0 spiro atoms. The number of hydrogen-bond donors (Lipinski definition) is 0. The number of ketones is 1. The maximum atomic E-state index is 13.2. The third-order valence-corrected chi connectivity index (χ3v) is 5.47. The van der Waals surface area contributed by atoms with Crippen LogP contribution in [-0.2, 0) is 11.2 Å². The molecule has 4 rings (SSSR count). The first kappa shape index (κ1) is 18.1. The van der Waals surface area contributed by atoms with Crippen molar-refractivity contribution >= 4 is 29.2 Å². The molecule has 3 amide bonds. The molecule has 0 radical (unpaired) electrons. The zero-order chi connectivity index (χ0) is 20.0. The summed E-state index contributed by atoms with van der Waals surface area (Å²) in [6.45, 7) is 3.90. The molecule has 0 fully saturated rings. The number of carbonyl (C=O) groups is 4. The van der Waals surface area contributed by atoms with Gasteiger partial charge in [-0.25, -0.2) is 0 Å². The number of hydrogen-bond acceptors (Lipinski definition) is 4. The van der Waals surface area contributed by atoms with Gasteiger partial charge in [-0.1, -0.05) is 19.1 Å². The highest BCUT2D eigenvalue weighted by Crippen LogP contribution is 2.31. The smallest absolute Gasteiger partial charge is 0.262 e. The summed E-state index contributed by atoms with van der Waals surface area (Å²) in [4.78, 5) is 53.2. The molecule has 28 heavy (non-hydrogen) atoms. The van der Waals surface area contributed by atoms with Crippen LogP contribution < -0.4 is 4.90 Å². The van der Waals surface area contributed by atoms with Gasteiger partial charge >= 0.3 is 0 Å². The minimum absolute atomic E-state index is 0.0321. The maximum Gasteiger partial charge on any atom is 0.262 e. The van der Waals surface area contributed by atoms with Crippen molar-refractivity contribution in [3.8, 4) is 0 Å². The molecule has 2 heterocycles. The minimum atomic E-state index is -0.851. The Balaban J connectivity index is 1.65. The Morgan fingerprint density at radius 1 is 1.04 bits per heavy atom. The zero-order valence-electron chi connectivity index (χ0n) is 15.8. The summed E-state index contributed by atoms with van der Waals surface area (Å²) in [6, 6.07) is 11.0. The summed E-state index contributed by atoms with van der Waals surface area (Å²) in [6.07, 6.45) is 1.01. The average molecular weight is 376 g/mol. The number of anilines is 1. The Hall–Kier alpha value is -3.28. The van der Waals surface area contributed by atoms with Gasteiger partial charge in [-0.3, -0.25) is 24.1 Å². The van der Waals surface area contributed by atoms with Crippen LogP contribution in [0.1, 0.15) is 56.9 Å². The van der Waals surface area contributed by atoms with Crippen LogP contribution in [0.3, 0.4) is 0 Å². The van der Waals surface area contributed by atoms with Gasteiger partial charge in [0, 0.05) is 24.7 Å². The average Bonchev–Trinajstić information content (AvgIpc) is 3.23. The van der Waals surface area contributed by atoms with E-state index in [1.54, 1.807) is 54.3 Å². The van der Waals surface area contributed by atoms with E-state index in [2.05, 4.69) is 0 Å². The van der Waals surface area contributed by atoms with E-state index in [4.69, 9.17) is 0 Å². The number of nitrogens with zero attached hydrogens (tertiary/aromatic N) is 2. The van der Waals surface area contributed by atoms with Gasteiger partial charge in [-0.15, -0.1) is 0 Å². The molecule has 0 saturated carbocycles. The van der Waals surface area contributed by atoms with Crippen LogP contribution in [0.15, 0.2) is 42.5 Å². The first-order valence-corrected chi connectivity index (χ1v) is 9.36. The lowest BCUT2D eigenvalue weighted by Crippen LogP contribution is -2.44. The predicted molar refractivity (Wildman–Crippen MR) is 104 cm³/mol. The molecule has 6 nitrogen and oxygen atoms in total. The molecule has 0 N–H and O–H groups in total. The molecule has 2 aliphatic rings. The molecule has 2 aromatic rings. The van der Waals surface area contributed by atoms with Gasteiger partial charge in [0.1, 0.15) is 6.04 Å². The van der Waals surface area contributed by atoms with Crippen molar-refractivity contribution in [1.82, 2.24) is 4.90 Å². The van der Waals surface area contributed by atoms with Crippen LogP contribution in [0.25, 0.3) is 0 Å². The van der Waals surface area contributed by atoms with Crippen molar-refractivity contribution in [1.29, 1.82) is 0 Å². The van der Waals surface area contributed by atoms with Gasteiger partial charge < -0.3 is 4.90 Å². The Morgan fingerprint density at radius 2 is 1.68 bits per heavy atom. The molecule has 0 aliphatic carbocycles. The van der Waals surface area contributed by atoms with Crippen molar-refractivity contribution in [3.05, 3.63) is 64.7 Å². The molecule has 0 bridgehead atoms. The van der Waals surface area contributed by atoms with Gasteiger partial charge in [0.2, 0.25) is 5.91 Å². The van der Waals surface area contributed by atoms with E-state index in [9.17, 15) is 19.2 Å². The molecular formula is C22H20N2O4. The number of amides is 3. The molecule has 142 valence electrons. The minimum Gasteiger partial charge on any atom is -0.312 e. The Bertz CT molecular complexity index is 992. The van der Waals surface area contributed by atoms with Crippen LogP contribution in [0.4, 0.5) is 5.69 Å². The maximum absolute atomic E-state index is 13.2. The fourth-order valence-electron chi connectivity index (χ4n) is 4.05. The second kappa shape index (κ2) is 6.71. The molecule has 0 aromatic heterocycles. The number of carbonyl (C=O) groups excluding carboxylic acids is 4. The summed E-state index contributed by atoms with van der Waals surface area (Å²) in [5, 5.41) is 0. The van der Waals surface area contributed by atoms with E-state index in [1.807, 2.05) is 0 Å². The van der Waals surface area contributed by atoms with Crippen LogP contribution >= 0.6 is 0 Å². The first-order chi connectivity index (χ1) is 13.4. The fraction of sp³-hybridized carbons (Fsp3) is 0.273. The van der Waals surface area contributed by atoms with Gasteiger partial charge in [0.15, 0.2) is 5.78 Å². The summed E-state index contributed by atoms with van der Waals surface area (Å²) >= 11 is 0. The normalized spacial score (nSPS) is 16.2. The molecule has 1 unspecified atom stereocenters. The number of imide groups is 1. The summed E-state index contributed by atoms with van der Waals surface area (Å²) in [7, 11) is 0. The standard InChI is InChI=1S/C22H20N2O4/c1-3-18(24-21(27)16-6-4-5-7-17(16)22(24)28)20(26)15-8-9-19-14(12-15)10-11-23(19)13(2)25/h4-9,12,18H,3,10-11H2,1-2H3. The topological polar surface area (TPSA) is 74.8 Å². The largest absolute Gasteiger partial charge is 0.312 e. The fourth-order valence-corrected chi connectivity index (χ4v) is 4.05. The Morgan fingerprint density at radius 3 is 2.25 bits per heavy atom. The van der Waals surface area contributed by atoms with Crippen molar-refractivity contribution in [3.63, 3.8) is 0 Å². The second-order valence-electron chi connectivity index (χ2n) is 7.08. The van der Waals surface area contributed by atoms with Gasteiger partial charge in [0.25, 0.3) is 11.8 Å². The Kier molecular flexibility index (Phi) is 4.34. The third kappa shape index (κ3) is 2.64. The lowest BCUT2D eigenvalue weighted by Gasteiger charge is -2.24. The van der Waals surface area contributed by atoms with E-state index < -0.39 is 17.9 Å². The van der Waals surface area contributed by atoms with Crippen molar-refractivity contribution in [2.24, 2.45) is 0 Å². The molecule has 1 atom stereocenters. The monoisotopic (exact) mass is 376 g/mol. The van der Waals surface area contributed by atoms with Gasteiger partial charge in [-0.2, -0.15) is 0 Å². The van der Waals surface area contributed by atoms with E-state index in [1.165, 1.54) is 6.92 Å². The van der Waals surface area contributed by atoms with Gasteiger partial charge in [0.05, 0.1) is 11.1 Å². The quantitative estimate of drug-likeness (QED) is 0.607. The van der Waals surface area contributed by atoms with Crippen LogP contribution in [0, 0.1) is 0 Å². The lowest BCUT2D eigenvalue weighted by atomic mass is 9.98. The first-order valence-electron chi connectivity index (χ1n) is 9.36. The highest BCUT2D eigenvalue weighted by molar-refractivity contribution is 6.23. The van der Waals surface area contributed by atoms with E-state index in [-0.39, 0.29) is 11.7 Å². The lowest BCUT2D eigenvalue weighted by molar-refractivity contribution is -0.116. The highest BCUT2D eigenvalue weighted by atomic mass is 16.2. The van der Waals surface area contributed by atoms with E-state index >= 15 is 0 Å². The van der Waals surface area contributed by atoms with E-state index in [0.29, 0.717) is 36.1 Å². The molecule has 2 aliphatic heterocycles. The van der Waals surface area contributed by atoms with Crippen molar-refractivity contribution < 1.29 is 19.2 Å². The van der Waals surface area contributed by atoms with Crippen LogP contribution in [-0.4, -0.2) is 41.0 Å². The SMILES string of the molecule is CCC(C(=O)c1ccc2c(c1)CCN2C(C)=O)N1C(=O)c2ccccc2C1=O. The second-order valence-corrected chi connectivity index (χ2v) is 7.08. The summed E-state index contributed by atoms with van der Waals surface area (Å²) in [5.41, 5.74) is 2.87. The number of Topliss-reactive ketones (excluding diaryl/α,β-unsaturated/α-hetero) is 1. The van der Waals surface area contributed by atoms with Gasteiger partial charge in [-0.05, 0) is 48.7 Å². The Labute approximate surface area is 162 Å². The number of rotatable bonds is 4. The summed E-state index contributed by atoms with van der Waals surface area (Å²) in [5.74, 6) is -1.15. The van der Waals surface area contributed by atoms with Crippen molar-refractivity contribution in [2.75, 3.05) is 11.4 Å². The summed E-state index contributed by atoms with van der Waals surface area (Å²) < 4.78 is 0. The zero-order valence-corrected chi connectivity index (χ0v) is 15.8. The molecular weight excluding hydrogens is 356 g/mol. The molecule has 6 heteroatoms. The van der Waals surface area contributed by atoms with Crippen molar-refractivity contribution in [2.45, 2.75) is 32.7 Å². The molecule has 2 aromatic carbocycles. The number of fused-ring (bicyclic) bond motifs is 2. The molecule has 0 saturated heterocycles. The highest BCUT2D eigenvalue weighted by Gasteiger charge is 2.42.